The lowest BCUT2D eigenvalue weighted by molar-refractivity contribution is 0.423. The Morgan fingerprint density at radius 2 is 1.24 bits per heavy atom. The normalized spacial score (nSPS) is 14.6. The van der Waals surface area contributed by atoms with E-state index >= 15 is 0 Å². The van der Waals surface area contributed by atoms with Gasteiger partial charge >= 0.3 is 0 Å². The van der Waals surface area contributed by atoms with Crippen molar-refractivity contribution in [2.24, 2.45) is 11.5 Å². The molecule has 2 atom stereocenters. The maximum Gasteiger partial charge on any atom is 0.115 e. The summed E-state index contributed by atoms with van der Waals surface area (Å²) in [4.78, 5) is 0. The fourth-order valence-electron chi connectivity index (χ4n) is 2.97. The summed E-state index contributed by atoms with van der Waals surface area (Å²) in [5.74, 6) is 0.352. The molecule has 0 spiro atoms. The molecule has 128 valence electrons. The molecule has 0 aromatic heterocycles. The van der Waals surface area contributed by atoms with E-state index in [0.717, 1.165) is 5.56 Å². The summed E-state index contributed by atoms with van der Waals surface area (Å²) < 4.78 is 0. The van der Waals surface area contributed by atoms with Crippen molar-refractivity contribution < 1.29 is 15.3 Å². The monoisotopic (exact) mass is 336 g/mol. The van der Waals surface area contributed by atoms with Gasteiger partial charge in [0.2, 0.25) is 0 Å². The maximum absolute atomic E-state index is 9.89. The van der Waals surface area contributed by atoms with Crippen molar-refractivity contribution in [3.8, 4) is 17.2 Å². The maximum atomic E-state index is 9.89. The predicted octanol–water partition coefficient (Wildman–Crippen LogP) is 2.71. The lowest BCUT2D eigenvalue weighted by atomic mass is 9.75. The fraction of sp³-hybridized carbons (Fsp3) is 0.100. The third-order valence-corrected chi connectivity index (χ3v) is 4.41. The van der Waals surface area contributed by atoms with Gasteiger partial charge in [0.05, 0.1) is 11.6 Å². The topological polar surface area (TPSA) is 113 Å². The van der Waals surface area contributed by atoms with Crippen LogP contribution in [0.1, 0.15) is 22.7 Å². The van der Waals surface area contributed by atoms with Crippen molar-refractivity contribution >= 4 is 0 Å². The van der Waals surface area contributed by atoms with Crippen molar-refractivity contribution in [1.29, 1.82) is 0 Å². The number of hydrogen-bond acceptors (Lipinski definition) is 5. The van der Waals surface area contributed by atoms with Crippen LogP contribution in [0.3, 0.4) is 0 Å². The summed E-state index contributed by atoms with van der Waals surface area (Å²) in [6, 6.07) is 19.0. The van der Waals surface area contributed by atoms with Gasteiger partial charge in [-0.15, -0.1) is 0 Å². The van der Waals surface area contributed by atoms with Gasteiger partial charge in [-0.2, -0.15) is 0 Å². The average Bonchev–Trinajstić information content (AvgIpc) is 2.61. The van der Waals surface area contributed by atoms with E-state index in [1.54, 1.807) is 72.8 Å². The minimum Gasteiger partial charge on any atom is -0.508 e. The van der Waals surface area contributed by atoms with Crippen LogP contribution >= 0.6 is 0 Å². The van der Waals surface area contributed by atoms with Crippen molar-refractivity contribution in [3.05, 3.63) is 89.5 Å². The number of aromatic hydroxyl groups is 3. The summed E-state index contributed by atoms with van der Waals surface area (Å²) >= 11 is 0. The molecule has 0 saturated carbocycles. The van der Waals surface area contributed by atoms with Crippen molar-refractivity contribution in [1.82, 2.24) is 0 Å². The summed E-state index contributed by atoms with van der Waals surface area (Å²) in [6.07, 6.45) is 0. The van der Waals surface area contributed by atoms with Gasteiger partial charge in [0.15, 0.2) is 0 Å². The molecular formula is C20H20N2O3. The molecule has 0 amide bonds. The van der Waals surface area contributed by atoms with Crippen LogP contribution in [0.5, 0.6) is 17.2 Å². The Balaban J connectivity index is 2.17. The molecule has 3 rings (SSSR count). The van der Waals surface area contributed by atoms with Gasteiger partial charge in [-0.25, -0.2) is 0 Å². The second-order valence-electron chi connectivity index (χ2n) is 6.04. The van der Waals surface area contributed by atoms with Gasteiger partial charge in [-0.3, -0.25) is 0 Å². The highest BCUT2D eigenvalue weighted by Gasteiger charge is 2.37. The van der Waals surface area contributed by atoms with Gasteiger partial charge in [-0.05, 0) is 53.1 Å². The number of hydrogen-bond donors (Lipinski definition) is 5. The van der Waals surface area contributed by atoms with Crippen LogP contribution in [-0.2, 0) is 5.54 Å². The summed E-state index contributed by atoms with van der Waals surface area (Å²) in [7, 11) is 0. The first kappa shape index (κ1) is 16.8. The quantitative estimate of drug-likeness (QED) is 0.503. The Bertz CT molecular complexity index is 863. The molecule has 5 heteroatoms. The first-order chi connectivity index (χ1) is 11.9. The number of rotatable bonds is 4. The number of phenolic OH excluding ortho intramolecular Hbond substituents is 3. The summed E-state index contributed by atoms with van der Waals surface area (Å²) in [6.45, 7) is 0. The van der Waals surface area contributed by atoms with Gasteiger partial charge < -0.3 is 26.8 Å². The lowest BCUT2D eigenvalue weighted by Gasteiger charge is -2.37. The zero-order chi connectivity index (χ0) is 18.0. The van der Waals surface area contributed by atoms with E-state index in [1.807, 2.05) is 0 Å². The molecule has 0 radical (unpaired) electrons. The Morgan fingerprint density at radius 1 is 0.680 bits per heavy atom. The van der Waals surface area contributed by atoms with Crippen LogP contribution in [0.15, 0.2) is 72.8 Å². The van der Waals surface area contributed by atoms with E-state index in [1.165, 1.54) is 0 Å². The van der Waals surface area contributed by atoms with Crippen LogP contribution in [0, 0.1) is 0 Å². The SMILES string of the molecule is NC(c1ccc(O)cc1)C(N)(c1ccc(O)cc1)c1cccc(O)c1. The number of nitrogens with two attached hydrogens (primary N) is 2. The molecule has 0 heterocycles. The standard InChI is InChI=1S/C20H20N2O3/c21-19(13-4-8-16(23)9-5-13)20(22,14-6-10-17(24)11-7-14)15-2-1-3-18(25)12-15/h1-12,19,23-25H,21-22H2. The summed E-state index contributed by atoms with van der Waals surface area (Å²) in [5.41, 5.74) is 14.2. The minimum absolute atomic E-state index is 0.0870. The minimum atomic E-state index is -1.15. The van der Waals surface area contributed by atoms with Crippen LogP contribution in [0.2, 0.25) is 0 Å². The van der Waals surface area contributed by atoms with E-state index in [2.05, 4.69) is 0 Å². The van der Waals surface area contributed by atoms with Gasteiger partial charge in [0.1, 0.15) is 17.2 Å². The first-order valence-corrected chi connectivity index (χ1v) is 7.83. The zero-order valence-electron chi connectivity index (χ0n) is 13.5. The molecular weight excluding hydrogens is 316 g/mol. The third kappa shape index (κ3) is 3.15. The van der Waals surface area contributed by atoms with Gasteiger partial charge in [0.25, 0.3) is 0 Å². The molecule has 25 heavy (non-hydrogen) atoms. The first-order valence-electron chi connectivity index (χ1n) is 7.83. The molecule has 0 aliphatic carbocycles. The summed E-state index contributed by atoms with van der Waals surface area (Å²) in [5, 5.41) is 29.0. The van der Waals surface area contributed by atoms with Crippen molar-refractivity contribution in [2.45, 2.75) is 11.6 Å². The molecule has 0 bridgehead atoms. The molecule has 5 nitrogen and oxygen atoms in total. The van der Waals surface area contributed by atoms with E-state index in [9.17, 15) is 15.3 Å². The second-order valence-corrected chi connectivity index (χ2v) is 6.04. The Hall–Kier alpha value is -3.02. The van der Waals surface area contributed by atoms with Crippen LogP contribution < -0.4 is 11.5 Å². The van der Waals surface area contributed by atoms with Crippen molar-refractivity contribution in [2.75, 3.05) is 0 Å². The lowest BCUT2D eigenvalue weighted by Crippen LogP contribution is -2.47. The molecule has 0 fully saturated rings. The molecule has 7 N–H and O–H groups in total. The predicted molar refractivity (Wildman–Crippen MR) is 96.2 cm³/mol. The third-order valence-electron chi connectivity index (χ3n) is 4.41. The van der Waals surface area contributed by atoms with E-state index in [4.69, 9.17) is 11.5 Å². The molecule has 3 aromatic rings. The largest absolute Gasteiger partial charge is 0.508 e. The van der Waals surface area contributed by atoms with Crippen molar-refractivity contribution in [3.63, 3.8) is 0 Å². The molecule has 0 aliphatic rings. The van der Waals surface area contributed by atoms with E-state index < -0.39 is 11.6 Å². The molecule has 3 aromatic carbocycles. The number of phenols is 3. The average molecular weight is 336 g/mol. The Morgan fingerprint density at radius 3 is 1.80 bits per heavy atom. The molecule has 0 aliphatic heterocycles. The highest BCUT2D eigenvalue weighted by atomic mass is 16.3. The fourth-order valence-corrected chi connectivity index (χ4v) is 2.97. The highest BCUT2D eigenvalue weighted by molar-refractivity contribution is 5.46. The van der Waals surface area contributed by atoms with E-state index in [0.29, 0.717) is 11.1 Å². The van der Waals surface area contributed by atoms with Gasteiger partial charge in [0, 0.05) is 0 Å². The van der Waals surface area contributed by atoms with E-state index in [-0.39, 0.29) is 17.2 Å². The van der Waals surface area contributed by atoms with Gasteiger partial charge in [-0.1, -0.05) is 36.4 Å². The molecule has 2 unspecified atom stereocenters. The van der Waals surface area contributed by atoms with Crippen LogP contribution in [0.4, 0.5) is 0 Å². The Labute approximate surface area is 145 Å². The Kier molecular flexibility index (Phi) is 4.35. The smallest absolute Gasteiger partial charge is 0.115 e. The molecule has 0 saturated heterocycles. The zero-order valence-corrected chi connectivity index (χ0v) is 13.5. The van der Waals surface area contributed by atoms with Crippen LogP contribution in [-0.4, -0.2) is 15.3 Å². The number of benzene rings is 3. The second kappa shape index (κ2) is 6.47. The highest BCUT2D eigenvalue weighted by Crippen LogP contribution is 2.39. The van der Waals surface area contributed by atoms with Crippen LogP contribution in [0.25, 0.3) is 0 Å².